The fraction of sp³-hybridized carbons (Fsp3) is 0.188. The van der Waals surface area contributed by atoms with Crippen molar-refractivity contribution in [1.82, 2.24) is 9.78 Å². The molecule has 4 N–H and O–H groups in total. The number of nitrogens with one attached hydrogen (secondary N) is 1. The second-order valence-electron chi connectivity index (χ2n) is 9.69. The SMILES string of the molecule is COC(C)(C)C#Cc1ccc(-c2ccccc2NC(=O)c2ccc(C(=O)O)cc2C(N)=O)cc1.Cn1ccc(C(F)F)n1. The Morgan fingerprint density at radius 1 is 1.02 bits per heavy atom. The molecule has 9 nitrogen and oxygen atoms in total. The van der Waals surface area contributed by atoms with Gasteiger partial charge in [0.15, 0.2) is 0 Å². The number of para-hydroxylation sites is 1. The van der Waals surface area contributed by atoms with Crippen LogP contribution in [0.4, 0.5) is 14.5 Å². The molecule has 11 heteroatoms. The Morgan fingerprint density at radius 2 is 1.70 bits per heavy atom. The molecular formula is C32H30F2N4O5. The number of aryl methyl sites for hydroxylation is 1. The Hall–Kier alpha value is -5.34. The minimum atomic E-state index is -2.45. The third kappa shape index (κ3) is 8.82. The summed E-state index contributed by atoms with van der Waals surface area (Å²) in [6.07, 6.45) is -0.965. The van der Waals surface area contributed by atoms with Gasteiger partial charge in [0.1, 0.15) is 11.3 Å². The van der Waals surface area contributed by atoms with Crippen LogP contribution in [0.25, 0.3) is 11.1 Å². The van der Waals surface area contributed by atoms with Gasteiger partial charge in [-0.15, -0.1) is 0 Å². The summed E-state index contributed by atoms with van der Waals surface area (Å²) in [4.78, 5) is 36.0. The monoisotopic (exact) mass is 588 g/mol. The molecule has 0 radical (unpaired) electrons. The number of amides is 2. The topological polar surface area (TPSA) is 137 Å². The van der Waals surface area contributed by atoms with Crippen LogP contribution in [0.3, 0.4) is 0 Å². The molecule has 0 aliphatic carbocycles. The highest BCUT2D eigenvalue weighted by Crippen LogP contribution is 2.29. The Kier molecular flexibility index (Phi) is 10.5. The summed E-state index contributed by atoms with van der Waals surface area (Å²) in [5.74, 6) is 3.45. The van der Waals surface area contributed by atoms with Crippen molar-refractivity contribution in [2.24, 2.45) is 12.8 Å². The van der Waals surface area contributed by atoms with Crippen LogP contribution in [0.2, 0.25) is 0 Å². The predicted molar refractivity (Wildman–Crippen MR) is 158 cm³/mol. The molecule has 0 saturated carbocycles. The number of nitrogens with two attached hydrogens (primary N) is 1. The van der Waals surface area contributed by atoms with Crippen LogP contribution in [-0.4, -0.2) is 45.4 Å². The Labute approximate surface area is 247 Å². The molecule has 0 aliphatic rings. The van der Waals surface area contributed by atoms with Crippen LogP contribution in [-0.2, 0) is 11.8 Å². The predicted octanol–water partition coefficient (Wildman–Crippen LogP) is 5.54. The first-order valence-corrected chi connectivity index (χ1v) is 12.8. The average molecular weight is 589 g/mol. The van der Waals surface area contributed by atoms with Crippen LogP contribution >= 0.6 is 0 Å². The molecular weight excluding hydrogens is 558 g/mol. The van der Waals surface area contributed by atoms with E-state index in [0.717, 1.165) is 22.8 Å². The van der Waals surface area contributed by atoms with E-state index in [0.29, 0.717) is 5.69 Å². The van der Waals surface area contributed by atoms with Gasteiger partial charge in [-0.3, -0.25) is 14.3 Å². The lowest BCUT2D eigenvalue weighted by molar-refractivity contribution is 0.0695. The lowest BCUT2D eigenvalue weighted by Crippen LogP contribution is -2.21. The fourth-order valence-electron chi connectivity index (χ4n) is 3.67. The molecule has 43 heavy (non-hydrogen) atoms. The van der Waals surface area contributed by atoms with Crippen molar-refractivity contribution in [2.45, 2.75) is 25.9 Å². The van der Waals surface area contributed by atoms with Gasteiger partial charge in [0, 0.05) is 37.2 Å². The minimum absolute atomic E-state index is 0.0151. The number of halogens is 2. The molecule has 1 aromatic heterocycles. The molecule has 0 atom stereocenters. The van der Waals surface area contributed by atoms with E-state index in [1.54, 1.807) is 26.3 Å². The number of primary amides is 1. The molecule has 4 aromatic rings. The van der Waals surface area contributed by atoms with Crippen molar-refractivity contribution in [2.75, 3.05) is 12.4 Å². The smallest absolute Gasteiger partial charge is 0.335 e. The number of carbonyl (C=O) groups excluding carboxylic acids is 2. The molecule has 0 fully saturated rings. The van der Waals surface area contributed by atoms with E-state index < -0.39 is 29.8 Å². The maximum atomic E-state index is 13.0. The lowest BCUT2D eigenvalue weighted by Gasteiger charge is -2.14. The number of carbonyl (C=O) groups is 3. The summed E-state index contributed by atoms with van der Waals surface area (Å²) in [5.41, 5.74) is 7.28. The van der Waals surface area contributed by atoms with Crippen LogP contribution in [0.15, 0.2) is 79.0 Å². The van der Waals surface area contributed by atoms with Crippen molar-refractivity contribution < 1.29 is 33.0 Å². The molecule has 0 saturated heterocycles. The van der Waals surface area contributed by atoms with Crippen LogP contribution < -0.4 is 11.1 Å². The van der Waals surface area contributed by atoms with Gasteiger partial charge in [-0.2, -0.15) is 5.10 Å². The van der Waals surface area contributed by atoms with E-state index in [1.807, 2.05) is 50.2 Å². The molecule has 2 amide bonds. The third-order valence-electron chi connectivity index (χ3n) is 6.12. The summed E-state index contributed by atoms with van der Waals surface area (Å²) in [6.45, 7) is 3.76. The van der Waals surface area contributed by atoms with Gasteiger partial charge in [0.2, 0.25) is 5.91 Å². The third-order valence-corrected chi connectivity index (χ3v) is 6.12. The second kappa shape index (κ2) is 14.0. The molecule has 0 bridgehead atoms. The number of hydrogen-bond donors (Lipinski definition) is 3. The highest BCUT2D eigenvalue weighted by atomic mass is 19.3. The normalized spacial score (nSPS) is 10.7. The van der Waals surface area contributed by atoms with E-state index in [-0.39, 0.29) is 22.4 Å². The summed E-state index contributed by atoms with van der Waals surface area (Å²) >= 11 is 0. The minimum Gasteiger partial charge on any atom is -0.478 e. The number of nitrogens with zero attached hydrogens (tertiary/aromatic N) is 2. The molecule has 0 aliphatic heterocycles. The zero-order valence-corrected chi connectivity index (χ0v) is 23.9. The van der Waals surface area contributed by atoms with Crippen molar-refractivity contribution >= 4 is 23.5 Å². The van der Waals surface area contributed by atoms with E-state index in [9.17, 15) is 23.2 Å². The van der Waals surface area contributed by atoms with E-state index in [1.165, 1.54) is 29.1 Å². The Morgan fingerprint density at radius 3 is 2.23 bits per heavy atom. The summed E-state index contributed by atoms with van der Waals surface area (Å²) in [6, 6.07) is 19.7. The first-order valence-electron chi connectivity index (χ1n) is 12.8. The second-order valence-corrected chi connectivity index (χ2v) is 9.69. The van der Waals surface area contributed by atoms with Gasteiger partial charge >= 0.3 is 5.97 Å². The summed E-state index contributed by atoms with van der Waals surface area (Å²) in [7, 11) is 3.21. The molecule has 222 valence electrons. The first-order chi connectivity index (χ1) is 20.3. The molecule has 3 aromatic carbocycles. The number of anilines is 1. The van der Waals surface area contributed by atoms with Gasteiger partial charge in [-0.1, -0.05) is 42.2 Å². The highest BCUT2D eigenvalue weighted by Gasteiger charge is 2.19. The van der Waals surface area contributed by atoms with E-state index in [4.69, 9.17) is 15.6 Å². The lowest BCUT2D eigenvalue weighted by atomic mass is 10.00. The van der Waals surface area contributed by atoms with Gasteiger partial charge in [-0.05, 0) is 61.9 Å². The summed E-state index contributed by atoms with van der Waals surface area (Å²) in [5, 5.41) is 15.4. The number of ether oxygens (including phenoxy) is 1. The first kappa shape index (κ1) is 32.2. The van der Waals surface area contributed by atoms with Crippen LogP contribution in [0, 0.1) is 11.8 Å². The number of hydrogen-bond acceptors (Lipinski definition) is 5. The zero-order valence-electron chi connectivity index (χ0n) is 23.9. The van der Waals surface area contributed by atoms with Crippen LogP contribution in [0.1, 0.15) is 62.6 Å². The Balaban J connectivity index is 0.000000480. The quantitative estimate of drug-likeness (QED) is 0.243. The summed E-state index contributed by atoms with van der Waals surface area (Å²) < 4.78 is 30.1. The zero-order chi connectivity index (χ0) is 31.7. The average Bonchev–Trinajstić information content (AvgIpc) is 3.43. The molecule has 1 heterocycles. The number of aromatic carboxylic acids is 1. The number of methoxy groups -OCH3 is 1. The fourth-order valence-corrected chi connectivity index (χ4v) is 3.67. The number of carboxylic acid groups (broad SMARTS) is 1. The maximum absolute atomic E-state index is 13.0. The van der Waals surface area contributed by atoms with Crippen molar-refractivity contribution in [3.05, 3.63) is 107 Å². The Bertz CT molecular complexity index is 1690. The van der Waals surface area contributed by atoms with E-state index in [2.05, 4.69) is 22.3 Å². The van der Waals surface area contributed by atoms with Crippen LogP contribution in [0.5, 0.6) is 0 Å². The highest BCUT2D eigenvalue weighted by molar-refractivity contribution is 6.13. The van der Waals surface area contributed by atoms with Gasteiger partial charge in [0.05, 0.1) is 16.7 Å². The number of carboxylic acids is 1. The largest absolute Gasteiger partial charge is 0.478 e. The van der Waals surface area contributed by atoms with Crippen molar-refractivity contribution in [3.8, 4) is 23.0 Å². The van der Waals surface area contributed by atoms with Gasteiger partial charge in [-0.25, -0.2) is 13.6 Å². The number of rotatable bonds is 7. The van der Waals surface area contributed by atoms with Crippen molar-refractivity contribution in [1.29, 1.82) is 0 Å². The van der Waals surface area contributed by atoms with Gasteiger partial charge < -0.3 is 20.9 Å². The number of alkyl halides is 2. The molecule has 4 rings (SSSR count). The van der Waals surface area contributed by atoms with Crippen molar-refractivity contribution in [3.63, 3.8) is 0 Å². The van der Waals surface area contributed by atoms with E-state index >= 15 is 0 Å². The standard InChI is InChI=1S/C27H24N2O5.C5H6F2N2/c1-27(2,34-3)15-14-17-8-10-18(11-9-17)20-6-4-5-7-23(20)29-25(31)21-13-12-19(26(32)33)16-22(21)24(28)30;1-9-3-2-4(8-9)5(6)7/h4-13,16H,1-3H3,(H2,28,30)(H,29,31)(H,32,33);2-3,5H,1H3. The number of benzene rings is 3. The number of aromatic nitrogens is 2. The molecule has 0 spiro atoms. The maximum Gasteiger partial charge on any atom is 0.335 e. The molecule has 0 unspecified atom stereocenters. The van der Waals surface area contributed by atoms with Gasteiger partial charge in [0.25, 0.3) is 12.3 Å².